The number of pyridine rings is 2. The number of halogens is 2. The fraction of sp³-hybridized carbons (Fsp3) is 0.227. The van der Waals surface area contributed by atoms with Crippen LogP contribution in [0.25, 0.3) is 33.7 Å². The smallest absolute Gasteiger partial charge is 0.178 e. The third kappa shape index (κ3) is 3.39. The molecule has 8 heteroatoms. The lowest BCUT2D eigenvalue weighted by Gasteiger charge is -2.31. The first-order chi connectivity index (χ1) is 14.6. The van der Waals surface area contributed by atoms with Crippen molar-refractivity contribution in [1.82, 2.24) is 19.9 Å². The molecule has 0 saturated carbocycles. The van der Waals surface area contributed by atoms with Gasteiger partial charge in [-0.1, -0.05) is 6.07 Å². The van der Waals surface area contributed by atoms with Crippen LogP contribution < -0.4 is 10.6 Å². The maximum Gasteiger partial charge on any atom is 0.178 e. The number of fused-ring (bicyclic) bond motifs is 1. The minimum absolute atomic E-state index is 0.0711. The zero-order valence-electron chi connectivity index (χ0n) is 16.1. The highest BCUT2D eigenvalue weighted by molar-refractivity contribution is 5.81. The van der Waals surface area contributed by atoms with Crippen molar-refractivity contribution in [2.45, 2.75) is 18.9 Å². The summed E-state index contributed by atoms with van der Waals surface area (Å²) in [5.74, 6) is -0.674. The van der Waals surface area contributed by atoms with Crippen LogP contribution in [0.5, 0.6) is 0 Å². The van der Waals surface area contributed by atoms with Crippen molar-refractivity contribution in [1.29, 1.82) is 0 Å². The van der Waals surface area contributed by atoms with E-state index in [2.05, 4.69) is 24.8 Å². The van der Waals surface area contributed by atoms with Crippen LogP contribution in [0.4, 0.5) is 14.6 Å². The van der Waals surface area contributed by atoms with Crippen molar-refractivity contribution in [3.8, 4) is 22.5 Å². The molecule has 1 aliphatic rings. The summed E-state index contributed by atoms with van der Waals surface area (Å²) >= 11 is 0. The number of hydrogen-bond acceptors (Lipinski definition) is 5. The molecule has 1 aliphatic heterocycles. The van der Waals surface area contributed by atoms with Crippen molar-refractivity contribution in [2.75, 3.05) is 18.0 Å². The van der Waals surface area contributed by atoms with Gasteiger partial charge in [0.05, 0.1) is 11.1 Å². The second-order valence-electron chi connectivity index (χ2n) is 7.51. The highest BCUT2D eigenvalue weighted by Crippen LogP contribution is 2.27. The second kappa shape index (κ2) is 7.46. The van der Waals surface area contributed by atoms with Crippen molar-refractivity contribution in [3.05, 3.63) is 60.4 Å². The molecule has 4 heterocycles. The fourth-order valence-corrected chi connectivity index (χ4v) is 3.74. The fourth-order valence-electron chi connectivity index (χ4n) is 3.74. The molecular weight excluding hydrogens is 386 g/mol. The number of aromatic amines is 1. The summed E-state index contributed by atoms with van der Waals surface area (Å²) in [7, 11) is 0. The Kier molecular flexibility index (Phi) is 4.63. The van der Waals surface area contributed by atoms with Crippen LogP contribution in [0, 0.1) is 11.6 Å². The predicted molar refractivity (Wildman–Crippen MR) is 112 cm³/mol. The first-order valence-corrected chi connectivity index (χ1v) is 9.85. The topological polar surface area (TPSA) is 83.7 Å². The molecule has 152 valence electrons. The first kappa shape index (κ1) is 18.6. The lowest BCUT2D eigenvalue weighted by molar-refractivity contribution is 0.498. The molecule has 0 spiro atoms. The molecule has 1 saturated heterocycles. The zero-order valence-corrected chi connectivity index (χ0v) is 16.1. The molecule has 30 heavy (non-hydrogen) atoms. The van der Waals surface area contributed by atoms with Gasteiger partial charge in [-0.05, 0) is 43.2 Å². The van der Waals surface area contributed by atoms with Crippen LogP contribution in [-0.4, -0.2) is 39.1 Å². The molecule has 1 aromatic carbocycles. The van der Waals surface area contributed by atoms with E-state index < -0.39 is 11.6 Å². The summed E-state index contributed by atoms with van der Waals surface area (Å²) in [5, 5.41) is 0. The molecule has 0 amide bonds. The number of piperidine rings is 1. The van der Waals surface area contributed by atoms with Gasteiger partial charge in [-0.25, -0.2) is 23.7 Å². The number of hydrogen-bond donors (Lipinski definition) is 2. The minimum Gasteiger partial charge on any atom is -0.357 e. The van der Waals surface area contributed by atoms with Gasteiger partial charge in [0.2, 0.25) is 0 Å². The summed E-state index contributed by atoms with van der Waals surface area (Å²) in [6.45, 7) is 1.82. The molecule has 4 aromatic rings. The largest absolute Gasteiger partial charge is 0.357 e. The van der Waals surface area contributed by atoms with Gasteiger partial charge in [-0.15, -0.1) is 0 Å². The van der Waals surface area contributed by atoms with Crippen LogP contribution in [-0.2, 0) is 0 Å². The Bertz CT molecular complexity index is 1200. The lowest BCUT2D eigenvalue weighted by atomic mass is 10.1. The number of rotatable bonds is 3. The SMILES string of the molecule is NC1CCN(c2ccc(-c3cnc4nc(-c5cccc(F)c5F)[nH]c4c3)cn2)CC1. The molecule has 0 atom stereocenters. The number of nitrogens with zero attached hydrogens (tertiary/aromatic N) is 4. The van der Waals surface area contributed by atoms with E-state index in [1.807, 2.05) is 24.4 Å². The van der Waals surface area contributed by atoms with E-state index in [4.69, 9.17) is 5.73 Å². The van der Waals surface area contributed by atoms with Crippen LogP contribution in [0.3, 0.4) is 0 Å². The van der Waals surface area contributed by atoms with Gasteiger partial charge in [0.1, 0.15) is 11.6 Å². The number of nitrogens with one attached hydrogen (secondary N) is 1. The van der Waals surface area contributed by atoms with Crippen molar-refractivity contribution in [2.24, 2.45) is 5.73 Å². The maximum atomic E-state index is 14.1. The summed E-state index contributed by atoms with van der Waals surface area (Å²) < 4.78 is 27.6. The van der Waals surface area contributed by atoms with Gasteiger partial charge >= 0.3 is 0 Å². The highest BCUT2D eigenvalue weighted by Gasteiger charge is 2.18. The summed E-state index contributed by atoms with van der Waals surface area (Å²) in [5.41, 5.74) is 8.89. The summed E-state index contributed by atoms with van der Waals surface area (Å²) in [6.07, 6.45) is 5.46. The second-order valence-corrected chi connectivity index (χ2v) is 7.51. The third-order valence-electron chi connectivity index (χ3n) is 5.49. The molecule has 0 aliphatic carbocycles. The Labute approximate surface area is 171 Å². The normalized spacial score (nSPS) is 15.1. The number of benzene rings is 1. The van der Waals surface area contributed by atoms with Crippen LogP contribution in [0.2, 0.25) is 0 Å². The number of anilines is 1. The Morgan fingerprint density at radius 3 is 2.57 bits per heavy atom. The number of imidazole rings is 1. The highest BCUT2D eigenvalue weighted by atomic mass is 19.2. The van der Waals surface area contributed by atoms with E-state index >= 15 is 0 Å². The molecule has 3 aromatic heterocycles. The van der Waals surface area contributed by atoms with E-state index in [-0.39, 0.29) is 17.4 Å². The van der Waals surface area contributed by atoms with Gasteiger partial charge in [0.15, 0.2) is 17.3 Å². The Morgan fingerprint density at radius 1 is 1.00 bits per heavy atom. The number of H-pyrrole nitrogens is 1. The minimum atomic E-state index is -0.935. The molecule has 5 rings (SSSR count). The van der Waals surface area contributed by atoms with E-state index in [0.717, 1.165) is 48.9 Å². The molecule has 3 N–H and O–H groups in total. The average Bonchev–Trinajstić information content (AvgIpc) is 3.19. The lowest BCUT2D eigenvalue weighted by Crippen LogP contribution is -2.40. The number of aromatic nitrogens is 4. The Balaban J connectivity index is 1.43. The summed E-state index contributed by atoms with van der Waals surface area (Å²) in [4.78, 5) is 18.5. The molecule has 1 fully saturated rings. The standard InChI is InChI=1S/C22H20F2N6/c23-17-3-1-2-16(20(17)24)21-28-18-10-14(12-27-22(18)29-21)13-4-5-19(26-11-13)30-8-6-15(25)7-9-30/h1-5,10-12,15H,6-9,25H2,(H,27,28,29). The first-order valence-electron chi connectivity index (χ1n) is 9.85. The van der Waals surface area contributed by atoms with Crippen molar-refractivity contribution < 1.29 is 8.78 Å². The Hall–Kier alpha value is -3.39. The van der Waals surface area contributed by atoms with Gasteiger partial charge < -0.3 is 15.6 Å². The molecule has 0 unspecified atom stereocenters. The van der Waals surface area contributed by atoms with Gasteiger partial charge in [0, 0.05) is 42.7 Å². The molecular formula is C22H20F2N6. The van der Waals surface area contributed by atoms with E-state index in [1.54, 1.807) is 6.20 Å². The molecule has 0 radical (unpaired) electrons. The van der Waals surface area contributed by atoms with Gasteiger partial charge in [-0.3, -0.25) is 0 Å². The molecule has 6 nitrogen and oxygen atoms in total. The zero-order chi connectivity index (χ0) is 20.7. The monoisotopic (exact) mass is 406 g/mol. The van der Waals surface area contributed by atoms with Gasteiger partial charge in [0.25, 0.3) is 0 Å². The van der Waals surface area contributed by atoms with E-state index in [9.17, 15) is 8.78 Å². The van der Waals surface area contributed by atoms with E-state index in [0.29, 0.717) is 11.2 Å². The summed E-state index contributed by atoms with van der Waals surface area (Å²) in [6, 6.07) is 10.2. The number of nitrogens with two attached hydrogens (primary N) is 1. The van der Waals surface area contributed by atoms with Crippen LogP contribution in [0.1, 0.15) is 12.8 Å². The van der Waals surface area contributed by atoms with E-state index in [1.165, 1.54) is 12.1 Å². The van der Waals surface area contributed by atoms with Crippen LogP contribution in [0.15, 0.2) is 48.8 Å². The molecule has 0 bridgehead atoms. The van der Waals surface area contributed by atoms with Crippen LogP contribution >= 0.6 is 0 Å². The maximum absolute atomic E-state index is 14.1. The predicted octanol–water partition coefficient (Wildman–Crippen LogP) is 3.89. The third-order valence-corrected chi connectivity index (χ3v) is 5.49. The van der Waals surface area contributed by atoms with Crippen molar-refractivity contribution >= 4 is 17.0 Å². The Morgan fingerprint density at radius 2 is 1.80 bits per heavy atom. The quantitative estimate of drug-likeness (QED) is 0.539. The average molecular weight is 406 g/mol. The van der Waals surface area contributed by atoms with Crippen molar-refractivity contribution in [3.63, 3.8) is 0 Å². The van der Waals surface area contributed by atoms with Gasteiger partial charge in [-0.2, -0.15) is 0 Å².